The molecule has 0 spiro atoms. The van der Waals surface area contributed by atoms with E-state index in [1.54, 1.807) is 35.6 Å². The van der Waals surface area contributed by atoms with E-state index >= 15 is 0 Å². The van der Waals surface area contributed by atoms with Gasteiger partial charge in [0.2, 0.25) is 0 Å². The van der Waals surface area contributed by atoms with E-state index in [2.05, 4.69) is 15.5 Å². The predicted octanol–water partition coefficient (Wildman–Crippen LogP) is 8.49. The Hall–Kier alpha value is -4.86. The van der Waals surface area contributed by atoms with Gasteiger partial charge in [-0.05, 0) is 73.9 Å². The Bertz CT molecular complexity index is 1790. The van der Waals surface area contributed by atoms with Crippen molar-refractivity contribution in [2.75, 3.05) is 13.2 Å². The SMILES string of the molecule is CCOc1cc(COc2c(Cl)cc(/C=N/NC(=O)c3ccc(-c4csc(C)n4)cc3)cc2OCC)ccc1OCc1ccccc1. The van der Waals surface area contributed by atoms with Crippen LogP contribution in [0.3, 0.4) is 0 Å². The van der Waals surface area contributed by atoms with Crippen molar-refractivity contribution >= 4 is 35.1 Å². The Kier molecular flexibility index (Phi) is 11.3. The van der Waals surface area contributed by atoms with Gasteiger partial charge in [0.1, 0.15) is 13.2 Å². The van der Waals surface area contributed by atoms with E-state index in [1.165, 1.54) is 6.21 Å². The molecular formula is C36H34ClN3O5S. The molecule has 0 radical (unpaired) electrons. The fourth-order valence-electron chi connectivity index (χ4n) is 4.50. The van der Waals surface area contributed by atoms with E-state index in [0.717, 1.165) is 27.4 Å². The Morgan fingerprint density at radius 1 is 0.848 bits per heavy atom. The number of aryl methyl sites for hydroxylation is 1. The van der Waals surface area contributed by atoms with Gasteiger partial charge in [0.15, 0.2) is 23.0 Å². The summed E-state index contributed by atoms with van der Waals surface area (Å²) in [7, 11) is 0. The minimum absolute atomic E-state index is 0.225. The molecule has 0 saturated heterocycles. The molecule has 8 nitrogen and oxygen atoms in total. The van der Waals surface area contributed by atoms with Crippen molar-refractivity contribution in [2.45, 2.75) is 34.0 Å². The average molecular weight is 656 g/mol. The lowest BCUT2D eigenvalue weighted by atomic mass is 10.1. The van der Waals surface area contributed by atoms with Crippen molar-refractivity contribution < 1.29 is 23.7 Å². The van der Waals surface area contributed by atoms with Crippen LogP contribution in [0.25, 0.3) is 11.3 Å². The van der Waals surface area contributed by atoms with E-state index in [4.69, 9.17) is 30.5 Å². The minimum Gasteiger partial charge on any atom is -0.490 e. The second-order valence-corrected chi connectivity index (χ2v) is 11.5. The average Bonchev–Trinajstić information content (AvgIpc) is 3.51. The third-order valence-electron chi connectivity index (χ3n) is 6.70. The molecule has 10 heteroatoms. The number of aromatic nitrogens is 1. The molecule has 46 heavy (non-hydrogen) atoms. The zero-order valence-corrected chi connectivity index (χ0v) is 27.4. The third kappa shape index (κ3) is 8.65. The molecule has 1 heterocycles. The number of hydrazone groups is 1. The van der Waals surface area contributed by atoms with Gasteiger partial charge in [0.05, 0.1) is 35.2 Å². The maximum Gasteiger partial charge on any atom is 0.271 e. The highest BCUT2D eigenvalue weighted by molar-refractivity contribution is 7.09. The van der Waals surface area contributed by atoms with E-state index in [0.29, 0.717) is 59.0 Å². The van der Waals surface area contributed by atoms with Crippen molar-refractivity contribution in [1.82, 2.24) is 10.4 Å². The standard InChI is InChI=1S/C36H34ClN3O5S/c1-4-42-33-18-26(11-16-32(33)44-21-25-9-7-6-8-10-25)22-45-35-30(37)17-27(19-34(35)43-5-2)20-38-40-36(41)29-14-12-28(13-15-29)31-23-46-24(3)39-31/h6-20,23H,4-5,21-22H2,1-3H3,(H,40,41)/b38-20+. The quantitative estimate of drug-likeness (QED) is 0.0953. The van der Waals surface area contributed by atoms with Crippen LogP contribution in [0.15, 0.2) is 95.4 Å². The maximum absolute atomic E-state index is 12.7. The number of nitrogens with one attached hydrogen (secondary N) is 1. The predicted molar refractivity (Wildman–Crippen MR) is 183 cm³/mol. The summed E-state index contributed by atoms with van der Waals surface area (Å²) in [5.74, 6) is 1.82. The summed E-state index contributed by atoms with van der Waals surface area (Å²) < 4.78 is 23.8. The van der Waals surface area contributed by atoms with E-state index < -0.39 is 0 Å². The largest absolute Gasteiger partial charge is 0.490 e. The van der Waals surface area contributed by atoms with Gasteiger partial charge in [0, 0.05) is 16.5 Å². The second kappa shape index (κ2) is 15.9. The first-order valence-electron chi connectivity index (χ1n) is 14.8. The minimum atomic E-state index is -0.337. The summed E-state index contributed by atoms with van der Waals surface area (Å²) >= 11 is 8.23. The number of carbonyl (C=O) groups excluding carboxylic acids is 1. The van der Waals surface area contributed by atoms with Crippen LogP contribution in [0.2, 0.25) is 5.02 Å². The maximum atomic E-state index is 12.7. The fourth-order valence-corrected chi connectivity index (χ4v) is 5.40. The summed E-state index contributed by atoms with van der Waals surface area (Å²) in [6.45, 7) is 7.32. The number of benzene rings is 4. The summed E-state index contributed by atoms with van der Waals surface area (Å²) in [4.78, 5) is 17.1. The molecule has 236 valence electrons. The zero-order chi connectivity index (χ0) is 32.3. The molecule has 1 N–H and O–H groups in total. The number of hydrogen-bond acceptors (Lipinski definition) is 8. The normalized spacial score (nSPS) is 11.0. The summed E-state index contributed by atoms with van der Waals surface area (Å²) in [6.07, 6.45) is 1.50. The van der Waals surface area contributed by atoms with Gasteiger partial charge in [-0.15, -0.1) is 11.3 Å². The second-order valence-electron chi connectivity index (χ2n) is 10.1. The third-order valence-corrected chi connectivity index (χ3v) is 7.76. The smallest absolute Gasteiger partial charge is 0.271 e. The fraction of sp³-hybridized carbons (Fsp3) is 0.194. The monoisotopic (exact) mass is 655 g/mol. The van der Waals surface area contributed by atoms with Gasteiger partial charge in [-0.25, -0.2) is 10.4 Å². The van der Waals surface area contributed by atoms with E-state index in [1.807, 2.05) is 86.8 Å². The zero-order valence-electron chi connectivity index (χ0n) is 25.8. The number of amides is 1. The van der Waals surface area contributed by atoms with Crippen molar-refractivity contribution in [1.29, 1.82) is 0 Å². The Labute approximate surface area is 277 Å². The summed E-state index contributed by atoms with van der Waals surface area (Å²) in [6, 6.07) is 26.3. The van der Waals surface area contributed by atoms with Gasteiger partial charge < -0.3 is 18.9 Å². The molecule has 0 bridgehead atoms. The molecule has 1 amide bonds. The van der Waals surface area contributed by atoms with Crippen molar-refractivity contribution in [2.24, 2.45) is 5.10 Å². The van der Waals surface area contributed by atoms with Crippen LogP contribution in [0.5, 0.6) is 23.0 Å². The van der Waals surface area contributed by atoms with Gasteiger partial charge >= 0.3 is 0 Å². The Morgan fingerprint density at radius 3 is 2.30 bits per heavy atom. The lowest BCUT2D eigenvalue weighted by Crippen LogP contribution is -2.17. The lowest BCUT2D eigenvalue weighted by molar-refractivity contribution is 0.0955. The van der Waals surface area contributed by atoms with Gasteiger partial charge in [-0.3, -0.25) is 4.79 Å². The highest BCUT2D eigenvalue weighted by Crippen LogP contribution is 2.37. The van der Waals surface area contributed by atoms with Crippen LogP contribution >= 0.6 is 22.9 Å². The van der Waals surface area contributed by atoms with E-state index in [-0.39, 0.29) is 12.5 Å². The van der Waals surface area contributed by atoms with Crippen molar-refractivity contribution in [3.63, 3.8) is 0 Å². The molecule has 0 saturated carbocycles. The van der Waals surface area contributed by atoms with Gasteiger partial charge in [-0.2, -0.15) is 5.10 Å². The molecular weight excluding hydrogens is 622 g/mol. The first-order chi connectivity index (χ1) is 22.4. The number of nitrogens with zero attached hydrogens (tertiary/aromatic N) is 2. The molecule has 0 fully saturated rings. The number of hydrogen-bond donors (Lipinski definition) is 1. The molecule has 0 aliphatic heterocycles. The molecule has 5 aromatic rings. The Morgan fingerprint density at radius 2 is 1.59 bits per heavy atom. The molecule has 5 rings (SSSR count). The van der Waals surface area contributed by atoms with Crippen LogP contribution in [0, 0.1) is 6.92 Å². The molecule has 0 atom stereocenters. The lowest BCUT2D eigenvalue weighted by Gasteiger charge is -2.16. The van der Waals surface area contributed by atoms with Crippen molar-refractivity contribution in [3.8, 4) is 34.3 Å². The first kappa shape index (κ1) is 32.5. The molecule has 1 aromatic heterocycles. The molecule has 0 unspecified atom stereocenters. The van der Waals surface area contributed by atoms with Crippen LogP contribution in [0.1, 0.15) is 45.9 Å². The summed E-state index contributed by atoms with van der Waals surface area (Å²) in [5, 5.41) is 7.45. The van der Waals surface area contributed by atoms with Crippen molar-refractivity contribution in [3.05, 3.63) is 123 Å². The first-order valence-corrected chi connectivity index (χ1v) is 16.1. The van der Waals surface area contributed by atoms with Gasteiger partial charge in [-0.1, -0.05) is 60.1 Å². The topological polar surface area (TPSA) is 91.3 Å². The van der Waals surface area contributed by atoms with Crippen LogP contribution in [0.4, 0.5) is 0 Å². The Balaban J connectivity index is 1.22. The number of rotatable bonds is 14. The number of halogens is 1. The summed E-state index contributed by atoms with van der Waals surface area (Å²) in [5.41, 5.74) is 7.45. The highest BCUT2D eigenvalue weighted by Gasteiger charge is 2.14. The van der Waals surface area contributed by atoms with Crippen LogP contribution in [-0.2, 0) is 13.2 Å². The van der Waals surface area contributed by atoms with E-state index in [9.17, 15) is 4.79 Å². The number of carbonyl (C=O) groups is 1. The molecule has 0 aliphatic carbocycles. The number of thiazole rings is 1. The van der Waals surface area contributed by atoms with Gasteiger partial charge in [0.25, 0.3) is 5.91 Å². The molecule has 0 aliphatic rings. The highest BCUT2D eigenvalue weighted by atomic mass is 35.5. The molecule has 4 aromatic carbocycles. The van der Waals surface area contributed by atoms with Crippen LogP contribution in [-0.4, -0.2) is 30.3 Å². The van der Waals surface area contributed by atoms with Crippen LogP contribution < -0.4 is 24.4 Å². The number of ether oxygens (including phenoxy) is 4.